The number of ether oxygens (including phenoxy) is 1. The van der Waals surface area contributed by atoms with Crippen molar-refractivity contribution in [3.05, 3.63) is 92.9 Å². The third-order valence-electron chi connectivity index (χ3n) is 5.28. The van der Waals surface area contributed by atoms with Gasteiger partial charge in [-0.1, -0.05) is 70.7 Å². The van der Waals surface area contributed by atoms with E-state index in [2.05, 4.69) is 0 Å². The fourth-order valence-corrected chi connectivity index (χ4v) is 4.88. The van der Waals surface area contributed by atoms with Gasteiger partial charge < -0.3 is 4.74 Å². The van der Waals surface area contributed by atoms with E-state index in [0.29, 0.717) is 54.1 Å². The van der Waals surface area contributed by atoms with Gasteiger partial charge in [-0.05, 0) is 59.7 Å². The Morgan fingerprint density at radius 3 is 1.17 bits per heavy atom. The minimum Gasteiger partial charge on any atom is -0.453 e. The Kier molecular flexibility index (Phi) is 8.17. The molecule has 9 heteroatoms. The van der Waals surface area contributed by atoms with Crippen molar-refractivity contribution in [1.29, 1.82) is 0 Å². The standard InChI is InChI=1S/C26H18Cl6N2O/c1-33(31)25-21(13-11-19(29)23(25)15-3-7-17(27)8-4-15)35-22-14-12-20(30)24(26(22)34(2)32)16-5-9-18(28)10-6-16/h3-14H,1-2H3. The molecule has 4 aromatic rings. The lowest BCUT2D eigenvalue weighted by Crippen LogP contribution is -2.08. The van der Waals surface area contributed by atoms with Gasteiger partial charge in [0.1, 0.15) is 11.4 Å². The topological polar surface area (TPSA) is 15.7 Å². The molecule has 0 unspecified atom stereocenters. The number of halogens is 6. The maximum Gasteiger partial charge on any atom is 0.152 e. The fourth-order valence-electron chi connectivity index (χ4n) is 3.77. The molecular formula is C26H18Cl6N2O. The lowest BCUT2D eigenvalue weighted by atomic mass is 10.0. The van der Waals surface area contributed by atoms with E-state index in [-0.39, 0.29) is 0 Å². The minimum absolute atomic E-state index is 0.473. The molecular weight excluding hydrogens is 569 g/mol. The molecule has 3 nitrogen and oxygen atoms in total. The van der Waals surface area contributed by atoms with Crippen molar-refractivity contribution in [2.24, 2.45) is 0 Å². The van der Waals surface area contributed by atoms with Crippen LogP contribution in [0, 0.1) is 0 Å². The Balaban J connectivity index is 1.89. The molecule has 0 aliphatic heterocycles. The summed E-state index contributed by atoms with van der Waals surface area (Å²) >= 11 is 38.4. The van der Waals surface area contributed by atoms with Gasteiger partial charge in [0.25, 0.3) is 0 Å². The van der Waals surface area contributed by atoms with Gasteiger partial charge in [-0.2, -0.15) is 0 Å². The SMILES string of the molecule is CN(Cl)c1c(Oc2ccc(Cl)c(-c3ccc(Cl)cc3)c2N(C)Cl)ccc(Cl)c1-c1ccc(Cl)cc1. The normalized spacial score (nSPS) is 10.9. The zero-order valence-electron chi connectivity index (χ0n) is 18.5. The van der Waals surface area contributed by atoms with Gasteiger partial charge in [-0.25, -0.2) is 0 Å². The highest BCUT2D eigenvalue weighted by molar-refractivity contribution is 6.36. The highest BCUT2D eigenvalue weighted by Gasteiger charge is 2.23. The molecule has 0 heterocycles. The van der Waals surface area contributed by atoms with E-state index in [1.807, 2.05) is 24.3 Å². The van der Waals surface area contributed by atoms with Crippen molar-refractivity contribution in [3.63, 3.8) is 0 Å². The van der Waals surface area contributed by atoms with Gasteiger partial charge in [0.2, 0.25) is 0 Å². The zero-order valence-corrected chi connectivity index (χ0v) is 23.0. The van der Waals surface area contributed by atoms with Gasteiger partial charge in [-0.15, -0.1) is 0 Å². The molecule has 180 valence electrons. The van der Waals surface area contributed by atoms with E-state index < -0.39 is 0 Å². The number of hydrogen-bond acceptors (Lipinski definition) is 3. The number of benzene rings is 4. The van der Waals surface area contributed by atoms with Crippen molar-refractivity contribution in [3.8, 4) is 33.8 Å². The molecule has 0 saturated heterocycles. The number of rotatable bonds is 6. The van der Waals surface area contributed by atoms with Gasteiger partial charge in [0, 0.05) is 58.8 Å². The van der Waals surface area contributed by atoms with Crippen LogP contribution in [0.25, 0.3) is 22.3 Å². The molecule has 0 saturated carbocycles. The molecule has 4 aromatic carbocycles. The average molecular weight is 587 g/mol. The van der Waals surface area contributed by atoms with Gasteiger partial charge in [-0.3, -0.25) is 8.84 Å². The van der Waals surface area contributed by atoms with Crippen LogP contribution in [0.2, 0.25) is 20.1 Å². The first-order chi connectivity index (χ1) is 16.7. The van der Waals surface area contributed by atoms with Crippen LogP contribution in [0.4, 0.5) is 11.4 Å². The highest BCUT2D eigenvalue weighted by atomic mass is 35.5. The third kappa shape index (κ3) is 5.56. The maximum atomic E-state index is 6.61. The molecule has 0 fully saturated rings. The van der Waals surface area contributed by atoms with Crippen LogP contribution >= 0.6 is 70.0 Å². The number of anilines is 2. The second kappa shape index (κ2) is 11.0. The van der Waals surface area contributed by atoms with Crippen LogP contribution in [0.15, 0.2) is 72.8 Å². The first kappa shape index (κ1) is 26.1. The third-order valence-corrected chi connectivity index (χ3v) is 6.75. The Hall–Kier alpha value is -1.98. The van der Waals surface area contributed by atoms with Crippen LogP contribution in [-0.4, -0.2) is 14.1 Å². The molecule has 0 aliphatic carbocycles. The molecule has 0 aliphatic rings. The molecule has 0 bridgehead atoms. The summed E-state index contributed by atoms with van der Waals surface area (Å²) in [6.45, 7) is 0. The van der Waals surface area contributed by atoms with Crippen molar-refractivity contribution >= 4 is 81.3 Å². The quantitative estimate of drug-likeness (QED) is 0.209. The van der Waals surface area contributed by atoms with Crippen molar-refractivity contribution < 1.29 is 4.74 Å². The lowest BCUT2D eigenvalue weighted by molar-refractivity contribution is 0.485. The Morgan fingerprint density at radius 2 is 0.857 bits per heavy atom. The van der Waals surface area contributed by atoms with E-state index in [0.717, 1.165) is 11.1 Å². The maximum absolute atomic E-state index is 6.61. The zero-order chi connectivity index (χ0) is 25.3. The van der Waals surface area contributed by atoms with Gasteiger partial charge >= 0.3 is 0 Å². The van der Waals surface area contributed by atoms with E-state index in [1.165, 1.54) is 8.84 Å². The summed E-state index contributed by atoms with van der Waals surface area (Å²) < 4.78 is 9.29. The first-order valence-corrected chi connectivity index (χ1v) is 12.5. The summed E-state index contributed by atoms with van der Waals surface area (Å²) in [5.74, 6) is 0.946. The Labute approximate surface area is 234 Å². The molecule has 0 atom stereocenters. The average Bonchev–Trinajstić information content (AvgIpc) is 2.82. The molecule has 0 radical (unpaired) electrons. The van der Waals surface area contributed by atoms with Crippen LogP contribution in [0.5, 0.6) is 11.5 Å². The number of nitrogens with zero attached hydrogens (tertiary/aromatic N) is 2. The van der Waals surface area contributed by atoms with Crippen LogP contribution in [0.3, 0.4) is 0 Å². The highest BCUT2D eigenvalue weighted by Crippen LogP contribution is 2.49. The van der Waals surface area contributed by atoms with Crippen molar-refractivity contribution in [2.45, 2.75) is 0 Å². The smallest absolute Gasteiger partial charge is 0.152 e. The predicted octanol–water partition coefficient (Wildman–Crippen LogP) is 10.6. The van der Waals surface area contributed by atoms with Crippen molar-refractivity contribution in [2.75, 3.05) is 22.9 Å². The second-order valence-electron chi connectivity index (χ2n) is 7.61. The second-order valence-corrected chi connectivity index (χ2v) is 10.3. The summed E-state index contributed by atoms with van der Waals surface area (Å²) in [5.41, 5.74) is 4.22. The minimum atomic E-state index is 0.473. The number of hydrogen-bond donors (Lipinski definition) is 0. The summed E-state index contributed by atoms with van der Waals surface area (Å²) in [7, 11) is 3.41. The van der Waals surface area contributed by atoms with Crippen LogP contribution in [0.1, 0.15) is 0 Å². The Bertz CT molecular complexity index is 1250. The Morgan fingerprint density at radius 1 is 0.514 bits per heavy atom. The van der Waals surface area contributed by atoms with Crippen molar-refractivity contribution in [1.82, 2.24) is 0 Å². The molecule has 0 N–H and O–H groups in total. The predicted molar refractivity (Wildman–Crippen MR) is 152 cm³/mol. The van der Waals surface area contributed by atoms with Gasteiger partial charge in [0.15, 0.2) is 11.5 Å². The lowest BCUT2D eigenvalue weighted by Gasteiger charge is -2.24. The van der Waals surface area contributed by atoms with Crippen LogP contribution < -0.4 is 13.6 Å². The molecule has 0 aromatic heterocycles. The monoisotopic (exact) mass is 584 g/mol. The summed E-state index contributed by atoms with van der Waals surface area (Å²) in [6, 6.07) is 21.7. The van der Waals surface area contributed by atoms with E-state index in [4.69, 9.17) is 74.7 Å². The van der Waals surface area contributed by atoms with E-state index >= 15 is 0 Å². The molecule has 4 rings (SSSR count). The fraction of sp³-hybridized carbons (Fsp3) is 0.0769. The molecule has 35 heavy (non-hydrogen) atoms. The molecule has 0 amide bonds. The molecule has 0 spiro atoms. The largest absolute Gasteiger partial charge is 0.453 e. The van der Waals surface area contributed by atoms with E-state index in [9.17, 15) is 0 Å². The summed E-state index contributed by atoms with van der Waals surface area (Å²) in [4.78, 5) is 0. The van der Waals surface area contributed by atoms with Gasteiger partial charge in [0.05, 0.1) is 10.0 Å². The van der Waals surface area contributed by atoms with Crippen LogP contribution in [-0.2, 0) is 0 Å². The summed E-state index contributed by atoms with van der Waals surface area (Å²) in [6.07, 6.45) is 0. The first-order valence-electron chi connectivity index (χ1n) is 10.3. The summed E-state index contributed by atoms with van der Waals surface area (Å²) in [5, 5.41) is 2.25. The van der Waals surface area contributed by atoms with E-state index in [1.54, 1.807) is 62.6 Å².